The van der Waals surface area contributed by atoms with Crippen molar-refractivity contribution in [2.75, 3.05) is 27.3 Å². The van der Waals surface area contributed by atoms with E-state index in [4.69, 9.17) is 4.74 Å². The van der Waals surface area contributed by atoms with Gasteiger partial charge in [-0.25, -0.2) is 0 Å². The lowest BCUT2D eigenvalue weighted by atomic mass is 10.3. The summed E-state index contributed by atoms with van der Waals surface area (Å²) in [6.45, 7) is 3.63. The Balaban J connectivity index is 3.12. The molecule has 13 heavy (non-hydrogen) atoms. The highest BCUT2D eigenvalue weighted by atomic mass is 16.5. The number of hydrogen-bond donors (Lipinski definition) is 1. The van der Waals surface area contributed by atoms with Crippen LogP contribution in [-0.4, -0.2) is 39.4 Å². The van der Waals surface area contributed by atoms with Crippen LogP contribution in [0, 0.1) is 0 Å². The van der Waals surface area contributed by atoms with Gasteiger partial charge in [0.15, 0.2) is 0 Å². The molecule has 0 bridgehead atoms. The number of carbonyl (C=O) groups is 1. The normalized spacial score (nSPS) is 12.5. The lowest BCUT2D eigenvalue weighted by molar-refractivity contribution is -0.140. The smallest absolute Gasteiger partial charge is 0.305 e. The fraction of sp³-hybridized carbons (Fsp3) is 0.889. The second kappa shape index (κ2) is 8.01. The SMILES string of the molecule is COC(=O)CCCNCC(C)OC. The highest BCUT2D eigenvalue weighted by molar-refractivity contribution is 5.68. The molecule has 0 amide bonds. The Morgan fingerprint density at radius 3 is 2.69 bits per heavy atom. The summed E-state index contributed by atoms with van der Waals surface area (Å²) < 4.78 is 9.55. The Morgan fingerprint density at radius 2 is 2.15 bits per heavy atom. The van der Waals surface area contributed by atoms with Gasteiger partial charge in [0.2, 0.25) is 0 Å². The molecule has 0 fully saturated rings. The van der Waals surface area contributed by atoms with Crippen molar-refractivity contribution >= 4 is 5.97 Å². The number of carbonyl (C=O) groups excluding carboxylic acids is 1. The van der Waals surface area contributed by atoms with E-state index in [0.29, 0.717) is 6.42 Å². The maximum absolute atomic E-state index is 10.7. The van der Waals surface area contributed by atoms with Crippen molar-refractivity contribution in [3.8, 4) is 0 Å². The van der Waals surface area contributed by atoms with Crippen LogP contribution in [0.5, 0.6) is 0 Å². The van der Waals surface area contributed by atoms with Gasteiger partial charge in [-0.3, -0.25) is 4.79 Å². The van der Waals surface area contributed by atoms with Gasteiger partial charge >= 0.3 is 5.97 Å². The Hall–Kier alpha value is -0.610. The first-order chi connectivity index (χ1) is 6.20. The van der Waals surface area contributed by atoms with Crippen molar-refractivity contribution in [2.24, 2.45) is 0 Å². The van der Waals surface area contributed by atoms with Crippen molar-refractivity contribution in [2.45, 2.75) is 25.9 Å². The molecular weight excluding hydrogens is 170 g/mol. The summed E-state index contributed by atoms with van der Waals surface area (Å²) in [6, 6.07) is 0. The monoisotopic (exact) mass is 189 g/mol. The summed E-state index contributed by atoms with van der Waals surface area (Å²) in [6.07, 6.45) is 1.51. The minimum absolute atomic E-state index is 0.151. The summed E-state index contributed by atoms with van der Waals surface area (Å²) in [5.74, 6) is -0.151. The van der Waals surface area contributed by atoms with Crippen LogP contribution in [0.4, 0.5) is 0 Å². The highest BCUT2D eigenvalue weighted by Crippen LogP contribution is 1.90. The summed E-state index contributed by atoms with van der Waals surface area (Å²) in [4.78, 5) is 10.7. The van der Waals surface area contributed by atoms with Crippen molar-refractivity contribution in [1.29, 1.82) is 0 Å². The zero-order chi connectivity index (χ0) is 10.1. The Kier molecular flexibility index (Phi) is 7.63. The van der Waals surface area contributed by atoms with Crippen LogP contribution in [0.3, 0.4) is 0 Å². The standard InChI is InChI=1S/C9H19NO3/c1-8(12-2)7-10-6-4-5-9(11)13-3/h8,10H,4-7H2,1-3H3. The number of hydrogen-bond acceptors (Lipinski definition) is 4. The Labute approximate surface area is 79.6 Å². The second-order valence-corrected chi connectivity index (χ2v) is 2.93. The number of ether oxygens (including phenoxy) is 2. The van der Waals surface area contributed by atoms with E-state index >= 15 is 0 Å². The van der Waals surface area contributed by atoms with E-state index in [9.17, 15) is 4.79 Å². The van der Waals surface area contributed by atoms with Crippen molar-refractivity contribution in [1.82, 2.24) is 5.32 Å². The van der Waals surface area contributed by atoms with E-state index in [1.54, 1.807) is 7.11 Å². The van der Waals surface area contributed by atoms with Crippen molar-refractivity contribution in [3.63, 3.8) is 0 Å². The molecule has 0 aromatic rings. The van der Waals surface area contributed by atoms with Gasteiger partial charge in [0.05, 0.1) is 13.2 Å². The largest absolute Gasteiger partial charge is 0.469 e. The minimum Gasteiger partial charge on any atom is -0.469 e. The molecule has 4 nitrogen and oxygen atoms in total. The average molecular weight is 189 g/mol. The highest BCUT2D eigenvalue weighted by Gasteiger charge is 2.00. The van der Waals surface area contributed by atoms with Gasteiger partial charge in [0, 0.05) is 20.1 Å². The second-order valence-electron chi connectivity index (χ2n) is 2.93. The molecule has 0 spiro atoms. The molecule has 0 heterocycles. The van der Waals surface area contributed by atoms with Crippen LogP contribution in [0.15, 0.2) is 0 Å². The number of methoxy groups -OCH3 is 2. The third-order valence-electron chi connectivity index (χ3n) is 1.80. The third-order valence-corrected chi connectivity index (χ3v) is 1.80. The average Bonchev–Trinajstić information content (AvgIpc) is 2.16. The molecule has 4 heteroatoms. The molecular formula is C9H19NO3. The van der Waals surface area contributed by atoms with Gasteiger partial charge in [-0.05, 0) is 19.9 Å². The maximum Gasteiger partial charge on any atom is 0.305 e. The fourth-order valence-electron chi connectivity index (χ4n) is 0.848. The molecule has 0 aliphatic carbocycles. The first-order valence-corrected chi connectivity index (χ1v) is 4.51. The van der Waals surface area contributed by atoms with Gasteiger partial charge in [-0.15, -0.1) is 0 Å². The van der Waals surface area contributed by atoms with E-state index in [-0.39, 0.29) is 12.1 Å². The maximum atomic E-state index is 10.7. The molecule has 0 aliphatic rings. The third kappa shape index (κ3) is 7.74. The van der Waals surface area contributed by atoms with Crippen molar-refractivity contribution < 1.29 is 14.3 Å². The molecule has 0 aromatic carbocycles. The summed E-state index contributed by atoms with van der Waals surface area (Å²) in [7, 11) is 3.09. The molecule has 0 saturated carbocycles. The zero-order valence-electron chi connectivity index (χ0n) is 8.63. The minimum atomic E-state index is -0.151. The topological polar surface area (TPSA) is 47.6 Å². The predicted octanol–water partition coefficient (Wildman–Crippen LogP) is 0.564. The molecule has 0 aliphatic heterocycles. The molecule has 0 rings (SSSR count). The van der Waals surface area contributed by atoms with E-state index in [0.717, 1.165) is 19.5 Å². The molecule has 0 radical (unpaired) electrons. The van der Waals surface area contributed by atoms with Crippen LogP contribution >= 0.6 is 0 Å². The summed E-state index contributed by atoms with van der Waals surface area (Å²) >= 11 is 0. The van der Waals surface area contributed by atoms with E-state index in [1.807, 2.05) is 6.92 Å². The molecule has 1 N–H and O–H groups in total. The lowest BCUT2D eigenvalue weighted by Gasteiger charge is -2.09. The fourth-order valence-corrected chi connectivity index (χ4v) is 0.848. The number of nitrogens with one attached hydrogen (secondary N) is 1. The van der Waals surface area contributed by atoms with E-state index in [1.165, 1.54) is 7.11 Å². The summed E-state index contributed by atoms with van der Waals surface area (Å²) in [5, 5.41) is 3.18. The lowest BCUT2D eigenvalue weighted by Crippen LogP contribution is -2.27. The molecule has 1 unspecified atom stereocenters. The van der Waals surface area contributed by atoms with Gasteiger partial charge < -0.3 is 14.8 Å². The molecule has 0 saturated heterocycles. The first-order valence-electron chi connectivity index (χ1n) is 4.51. The van der Waals surface area contributed by atoms with Crippen molar-refractivity contribution in [3.05, 3.63) is 0 Å². The molecule has 1 atom stereocenters. The van der Waals surface area contributed by atoms with Gasteiger partial charge in [-0.1, -0.05) is 0 Å². The predicted molar refractivity (Wildman–Crippen MR) is 50.6 cm³/mol. The van der Waals surface area contributed by atoms with E-state index in [2.05, 4.69) is 10.1 Å². The molecule has 78 valence electrons. The Morgan fingerprint density at radius 1 is 1.46 bits per heavy atom. The van der Waals surface area contributed by atoms with E-state index < -0.39 is 0 Å². The molecule has 0 aromatic heterocycles. The van der Waals surface area contributed by atoms with Gasteiger partial charge in [0.1, 0.15) is 0 Å². The zero-order valence-corrected chi connectivity index (χ0v) is 8.63. The quantitative estimate of drug-likeness (QED) is 0.469. The van der Waals surface area contributed by atoms with Crippen LogP contribution < -0.4 is 5.32 Å². The van der Waals surface area contributed by atoms with Gasteiger partial charge in [-0.2, -0.15) is 0 Å². The van der Waals surface area contributed by atoms with Crippen LogP contribution in [0.1, 0.15) is 19.8 Å². The van der Waals surface area contributed by atoms with Crippen LogP contribution in [0.25, 0.3) is 0 Å². The first kappa shape index (κ1) is 12.4. The number of esters is 1. The van der Waals surface area contributed by atoms with Crippen LogP contribution in [-0.2, 0) is 14.3 Å². The number of rotatable bonds is 7. The van der Waals surface area contributed by atoms with Crippen LogP contribution in [0.2, 0.25) is 0 Å². The summed E-state index contributed by atoms with van der Waals surface area (Å²) in [5.41, 5.74) is 0. The Bertz CT molecular complexity index is 139. The van der Waals surface area contributed by atoms with Gasteiger partial charge in [0.25, 0.3) is 0 Å².